The summed E-state index contributed by atoms with van der Waals surface area (Å²) in [6.07, 6.45) is 0. The van der Waals surface area contributed by atoms with Gasteiger partial charge in [0, 0.05) is 29.4 Å². The maximum Gasteiger partial charge on any atom is 0.255 e. The number of carbonyl (C=O) groups excluding carboxylic acids is 1. The van der Waals surface area contributed by atoms with Crippen molar-refractivity contribution in [3.05, 3.63) is 75.8 Å². The highest BCUT2D eigenvalue weighted by Gasteiger charge is 2.14. The van der Waals surface area contributed by atoms with Gasteiger partial charge in [-0.25, -0.2) is 0 Å². The molecular formula is C22H20Cl2N2O4. The van der Waals surface area contributed by atoms with Crippen LogP contribution in [-0.4, -0.2) is 20.1 Å². The number of methoxy groups -OCH3 is 2. The summed E-state index contributed by atoms with van der Waals surface area (Å²) in [4.78, 5) is 12.6. The number of amides is 1. The van der Waals surface area contributed by atoms with E-state index in [-0.39, 0.29) is 12.5 Å². The van der Waals surface area contributed by atoms with Crippen LogP contribution in [0.25, 0.3) is 0 Å². The van der Waals surface area contributed by atoms with Crippen LogP contribution < -0.4 is 25.3 Å². The Bertz CT molecular complexity index is 1050. The van der Waals surface area contributed by atoms with Crippen molar-refractivity contribution < 1.29 is 19.0 Å². The molecule has 0 bridgehead atoms. The normalized spacial score (nSPS) is 10.4. The van der Waals surface area contributed by atoms with Crippen molar-refractivity contribution in [3.8, 4) is 23.0 Å². The van der Waals surface area contributed by atoms with E-state index in [9.17, 15) is 4.79 Å². The maximum absolute atomic E-state index is 12.6. The van der Waals surface area contributed by atoms with Gasteiger partial charge in [0.2, 0.25) is 0 Å². The number of benzene rings is 3. The molecular weight excluding hydrogens is 427 g/mol. The quantitative estimate of drug-likeness (QED) is 0.480. The highest BCUT2D eigenvalue weighted by molar-refractivity contribution is 6.32. The van der Waals surface area contributed by atoms with Crippen LogP contribution in [0.3, 0.4) is 0 Å². The standard InChI is InChI=1S/C22H20Cl2N2O4/c1-28-16-4-5-18(20(11-16)29-2)22(27)26-12-13-3-6-19(24)21(7-13)30-17-9-14(23)8-15(25)10-17/h3-11H,12,25H2,1-2H3,(H,26,27). The minimum absolute atomic E-state index is 0.263. The Morgan fingerprint density at radius 1 is 0.933 bits per heavy atom. The van der Waals surface area contributed by atoms with E-state index in [0.29, 0.717) is 44.3 Å². The Hall–Kier alpha value is -3.09. The predicted octanol–water partition coefficient (Wildman–Crippen LogP) is 5.32. The lowest BCUT2D eigenvalue weighted by molar-refractivity contribution is 0.0948. The van der Waals surface area contributed by atoms with Crippen molar-refractivity contribution >= 4 is 34.8 Å². The summed E-state index contributed by atoms with van der Waals surface area (Å²) in [5.41, 5.74) is 7.47. The molecule has 0 aromatic heterocycles. The second-order valence-electron chi connectivity index (χ2n) is 6.34. The van der Waals surface area contributed by atoms with Crippen LogP contribution in [0.4, 0.5) is 5.69 Å². The highest BCUT2D eigenvalue weighted by atomic mass is 35.5. The molecule has 0 unspecified atom stereocenters. The fraction of sp³-hybridized carbons (Fsp3) is 0.136. The van der Waals surface area contributed by atoms with Gasteiger partial charge in [-0.1, -0.05) is 29.3 Å². The number of halogens is 2. The first-order chi connectivity index (χ1) is 14.4. The van der Waals surface area contributed by atoms with Gasteiger partial charge in [-0.2, -0.15) is 0 Å². The Morgan fingerprint density at radius 2 is 1.73 bits per heavy atom. The van der Waals surface area contributed by atoms with Crippen LogP contribution in [0, 0.1) is 0 Å². The summed E-state index contributed by atoms with van der Waals surface area (Å²) < 4.78 is 16.3. The lowest BCUT2D eigenvalue weighted by Crippen LogP contribution is -2.23. The van der Waals surface area contributed by atoms with Crippen LogP contribution in [0.1, 0.15) is 15.9 Å². The number of hydrogen-bond acceptors (Lipinski definition) is 5. The van der Waals surface area contributed by atoms with Crippen molar-refractivity contribution in [1.82, 2.24) is 5.32 Å². The van der Waals surface area contributed by atoms with Gasteiger partial charge in [0.05, 0.1) is 24.8 Å². The number of carbonyl (C=O) groups is 1. The zero-order chi connectivity index (χ0) is 21.7. The molecule has 0 spiro atoms. The molecule has 8 heteroatoms. The first-order valence-corrected chi connectivity index (χ1v) is 9.67. The summed E-state index contributed by atoms with van der Waals surface area (Å²) in [5, 5.41) is 3.73. The fourth-order valence-electron chi connectivity index (χ4n) is 2.77. The van der Waals surface area contributed by atoms with Crippen molar-refractivity contribution in [2.45, 2.75) is 6.54 Å². The molecule has 0 heterocycles. The highest BCUT2D eigenvalue weighted by Crippen LogP contribution is 2.33. The molecule has 1 amide bonds. The predicted molar refractivity (Wildman–Crippen MR) is 118 cm³/mol. The van der Waals surface area contributed by atoms with Crippen molar-refractivity contribution in [1.29, 1.82) is 0 Å². The van der Waals surface area contributed by atoms with Gasteiger partial charge in [-0.15, -0.1) is 0 Å². The molecule has 0 saturated carbocycles. The van der Waals surface area contributed by atoms with Crippen molar-refractivity contribution in [2.24, 2.45) is 0 Å². The molecule has 156 valence electrons. The molecule has 0 aliphatic rings. The zero-order valence-electron chi connectivity index (χ0n) is 16.4. The average molecular weight is 447 g/mol. The van der Waals surface area contributed by atoms with Crippen LogP contribution in [0.5, 0.6) is 23.0 Å². The Balaban J connectivity index is 1.73. The lowest BCUT2D eigenvalue weighted by atomic mass is 10.1. The van der Waals surface area contributed by atoms with Gasteiger partial charge in [-0.05, 0) is 42.0 Å². The number of ether oxygens (including phenoxy) is 3. The first-order valence-electron chi connectivity index (χ1n) is 8.92. The smallest absolute Gasteiger partial charge is 0.255 e. The third-order valence-corrected chi connectivity index (χ3v) is 4.75. The SMILES string of the molecule is COc1ccc(C(=O)NCc2ccc(Cl)c(Oc3cc(N)cc(Cl)c3)c2)c(OC)c1. The summed E-state index contributed by atoms with van der Waals surface area (Å²) in [6, 6.07) is 15.1. The van der Waals surface area contributed by atoms with E-state index in [4.69, 9.17) is 43.1 Å². The molecule has 3 N–H and O–H groups in total. The molecule has 3 aromatic carbocycles. The van der Waals surface area contributed by atoms with Gasteiger partial charge in [-0.3, -0.25) is 4.79 Å². The van der Waals surface area contributed by atoms with Gasteiger partial charge in [0.25, 0.3) is 5.91 Å². The molecule has 0 saturated heterocycles. The number of anilines is 1. The lowest BCUT2D eigenvalue weighted by Gasteiger charge is -2.13. The van der Waals surface area contributed by atoms with Gasteiger partial charge < -0.3 is 25.3 Å². The van der Waals surface area contributed by atoms with E-state index >= 15 is 0 Å². The monoisotopic (exact) mass is 446 g/mol. The molecule has 6 nitrogen and oxygen atoms in total. The van der Waals surface area contributed by atoms with E-state index in [1.165, 1.54) is 7.11 Å². The molecule has 0 atom stereocenters. The largest absolute Gasteiger partial charge is 0.497 e. The van der Waals surface area contributed by atoms with Crippen LogP contribution in [0.2, 0.25) is 10.0 Å². The topological polar surface area (TPSA) is 82.8 Å². The second kappa shape index (κ2) is 9.61. The van der Waals surface area contributed by atoms with Crippen molar-refractivity contribution in [3.63, 3.8) is 0 Å². The maximum atomic E-state index is 12.6. The number of rotatable bonds is 7. The van der Waals surface area contributed by atoms with Gasteiger partial charge in [0.1, 0.15) is 23.0 Å². The van der Waals surface area contributed by atoms with E-state index in [1.807, 2.05) is 0 Å². The van der Waals surface area contributed by atoms with Crippen LogP contribution >= 0.6 is 23.2 Å². The molecule has 30 heavy (non-hydrogen) atoms. The fourth-order valence-corrected chi connectivity index (χ4v) is 3.16. The Kier molecular flexibility index (Phi) is 6.92. The van der Waals surface area contributed by atoms with Crippen LogP contribution in [0.15, 0.2) is 54.6 Å². The van der Waals surface area contributed by atoms with Crippen LogP contribution in [-0.2, 0) is 6.54 Å². The summed E-state index contributed by atoms with van der Waals surface area (Å²) in [5.74, 6) is 1.63. The Morgan fingerprint density at radius 3 is 2.43 bits per heavy atom. The van der Waals surface area contributed by atoms with E-state index in [0.717, 1.165) is 5.56 Å². The van der Waals surface area contributed by atoms with Crippen molar-refractivity contribution in [2.75, 3.05) is 20.0 Å². The zero-order valence-corrected chi connectivity index (χ0v) is 17.9. The molecule has 0 aliphatic heterocycles. The van der Waals surface area contributed by atoms with Gasteiger partial charge >= 0.3 is 0 Å². The first kappa shape index (κ1) is 21.6. The molecule has 3 rings (SSSR count). The minimum atomic E-state index is -0.283. The third-order valence-electron chi connectivity index (χ3n) is 4.22. The third kappa shape index (κ3) is 5.28. The number of nitrogens with one attached hydrogen (secondary N) is 1. The summed E-state index contributed by atoms with van der Waals surface area (Å²) in [7, 11) is 3.05. The van der Waals surface area contributed by atoms with E-state index in [2.05, 4.69) is 5.32 Å². The molecule has 0 aliphatic carbocycles. The van der Waals surface area contributed by atoms with E-state index in [1.54, 1.807) is 61.7 Å². The minimum Gasteiger partial charge on any atom is -0.497 e. The van der Waals surface area contributed by atoms with E-state index < -0.39 is 0 Å². The van der Waals surface area contributed by atoms with Gasteiger partial charge in [0.15, 0.2) is 0 Å². The summed E-state index contributed by atoms with van der Waals surface area (Å²) >= 11 is 12.3. The number of hydrogen-bond donors (Lipinski definition) is 2. The molecule has 0 fully saturated rings. The average Bonchev–Trinajstić information content (AvgIpc) is 2.72. The second-order valence-corrected chi connectivity index (χ2v) is 7.18. The number of nitrogens with two attached hydrogens (primary N) is 1. The molecule has 0 radical (unpaired) electrons. The number of nitrogen functional groups attached to an aromatic ring is 1. The summed E-state index contributed by atoms with van der Waals surface area (Å²) in [6.45, 7) is 0.263. The Labute approximate surface area is 184 Å². The molecule has 3 aromatic rings.